The van der Waals surface area contributed by atoms with Crippen molar-refractivity contribution >= 4 is 0 Å². The molecule has 0 amide bonds. The topological polar surface area (TPSA) is 0 Å². The average Bonchev–Trinajstić information content (AvgIpc) is 2.20. The van der Waals surface area contributed by atoms with E-state index in [1.807, 2.05) is 0 Å². The first-order valence-electron chi connectivity index (χ1n) is 6.98. The highest BCUT2D eigenvalue weighted by molar-refractivity contribution is 4.91. The molecule has 0 spiro atoms. The van der Waals surface area contributed by atoms with Gasteiger partial charge in [0.1, 0.15) is 0 Å². The van der Waals surface area contributed by atoms with Gasteiger partial charge in [0.15, 0.2) is 0 Å². The molecule has 0 aromatic heterocycles. The highest BCUT2D eigenvalue weighted by atomic mass is 14.2. The molecule has 0 aliphatic rings. The SMILES string of the molecule is CCCCC(C)(CC)C/C=C\CC(C)(C)C. The molecule has 0 heterocycles. The van der Waals surface area contributed by atoms with Gasteiger partial charge in [-0.2, -0.15) is 0 Å². The summed E-state index contributed by atoms with van der Waals surface area (Å²) in [5, 5.41) is 0. The molecule has 0 rings (SSSR count). The minimum absolute atomic E-state index is 0.433. The summed E-state index contributed by atoms with van der Waals surface area (Å²) in [7, 11) is 0. The van der Waals surface area contributed by atoms with Crippen LogP contribution in [0.25, 0.3) is 0 Å². The zero-order valence-electron chi connectivity index (χ0n) is 12.4. The summed E-state index contributed by atoms with van der Waals surface area (Å²) in [6.07, 6.45) is 12.6. The quantitative estimate of drug-likeness (QED) is 0.467. The van der Waals surface area contributed by atoms with Gasteiger partial charge < -0.3 is 0 Å². The van der Waals surface area contributed by atoms with Gasteiger partial charge >= 0.3 is 0 Å². The van der Waals surface area contributed by atoms with Crippen molar-refractivity contribution < 1.29 is 0 Å². The lowest BCUT2D eigenvalue weighted by atomic mass is 9.79. The normalized spacial score (nSPS) is 16.6. The largest absolute Gasteiger partial charge is 0.0880 e. The maximum atomic E-state index is 2.43. The fourth-order valence-corrected chi connectivity index (χ4v) is 1.83. The first kappa shape index (κ1) is 15.7. The average molecular weight is 224 g/mol. The summed E-state index contributed by atoms with van der Waals surface area (Å²) in [4.78, 5) is 0. The number of unbranched alkanes of at least 4 members (excludes halogenated alkanes) is 1. The lowest BCUT2D eigenvalue weighted by Gasteiger charge is -2.27. The molecule has 1 atom stereocenters. The molecule has 0 aliphatic heterocycles. The molecule has 0 nitrogen and oxygen atoms in total. The fraction of sp³-hybridized carbons (Fsp3) is 0.875. The zero-order chi connectivity index (χ0) is 12.7. The van der Waals surface area contributed by atoms with Crippen molar-refractivity contribution in [1.82, 2.24) is 0 Å². The van der Waals surface area contributed by atoms with Crippen LogP contribution in [0.15, 0.2) is 12.2 Å². The molecule has 0 fully saturated rings. The van der Waals surface area contributed by atoms with Crippen molar-refractivity contribution in [2.45, 2.75) is 80.1 Å². The van der Waals surface area contributed by atoms with Crippen LogP contribution in [-0.4, -0.2) is 0 Å². The Bertz CT molecular complexity index is 195. The molecule has 0 aliphatic carbocycles. The van der Waals surface area contributed by atoms with Crippen LogP contribution in [-0.2, 0) is 0 Å². The Morgan fingerprint density at radius 3 is 1.88 bits per heavy atom. The summed E-state index contributed by atoms with van der Waals surface area (Å²) in [5.74, 6) is 0. The molecular formula is C16H32. The summed E-state index contributed by atoms with van der Waals surface area (Å²) < 4.78 is 0. The van der Waals surface area contributed by atoms with Gasteiger partial charge in [0.25, 0.3) is 0 Å². The predicted molar refractivity (Wildman–Crippen MR) is 75.8 cm³/mol. The van der Waals surface area contributed by atoms with Crippen LogP contribution in [0.3, 0.4) is 0 Å². The Labute approximate surface area is 104 Å². The molecule has 96 valence electrons. The van der Waals surface area contributed by atoms with Gasteiger partial charge in [-0.25, -0.2) is 0 Å². The maximum Gasteiger partial charge on any atom is -0.0294 e. The lowest BCUT2D eigenvalue weighted by molar-refractivity contribution is 0.278. The van der Waals surface area contributed by atoms with Crippen molar-refractivity contribution in [3.05, 3.63) is 12.2 Å². The van der Waals surface area contributed by atoms with E-state index in [9.17, 15) is 0 Å². The van der Waals surface area contributed by atoms with Gasteiger partial charge in [-0.3, -0.25) is 0 Å². The Hall–Kier alpha value is -0.260. The summed E-state index contributed by atoms with van der Waals surface area (Å²) in [6, 6.07) is 0. The Morgan fingerprint density at radius 1 is 0.875 bits per heavy atom. The number of rotatable bonds is 7. The minimum Gasteiger partial charge on any atom is -0.0880 e. The van der Waals surface area contributed by atoms with Gasteiger partial charge in [0, 0.05) is 0 Å². The number of hydrogen-bond acceptors (Lipinski definition) is 0. The van der Waals surface area contributed by atoms with E-state index in [1.165, 1.54) is 38.5 Å². The molecule has 1 unspecified atom stereocenters. The molecule has 0 saturated carbocycles. The second-order valence-electron chi connectivity index (χ2n) is 6.71. The van der Waals surface area contributed by atoms with E-state index >= 15 is 0 Å². The second-order valence-corrected chi connectivity index (χ2v) is 6.71. The Balaban J connectivity index is 4.03. The molecule has 16 heavy (non-hydrogen) atoms. The van der Waals surface area contributed by atoms with Gasteiger partial charge in [0.2, 0.25) is 0 Å². The van der Waals surface area contributed by atoms with Crippen molar-refractivity contribution in [3.63, 3.8) is 0 Å². The van der Waals surface area contributed by atoms with Crippen molar-refractivity contribution in [2.24, 2.45) is 10.8 Å². The predicted octanol–water partition coefficient (Wildman–Crippen LogP) is 5.98. The minimum atomic E-state index is 0.433. The lowest BCUT2D eigenvalue weighted by Crippen LogP contribution is -2.14. The molecule has 0 aromatic carbocycles. The number of hydrogen-bond donors (Lipinski definition) is 0. The van der Waals surface area contributed by atoms with E-state index in [1.54, 1.807) is 0 Å². The van der Waals surface area contributed by atoms with Crippen LogP contribution in [0.2, 0.25) is 0 Å². The molecule has 0 radical (unpaired) electrons. The van der Waals surface area contributed by atoms with E-state index in [2.05, 4.69) is 53.7 Å². The van der Waals surface area contributed by atoms with Gasteiger partial charge in [-0.15, -0.1) is 0 Å². The van der Waals surface area contributed by atoms with E-state index in [0.717, 1.165) is 0 Å². The third kappa shape index (κ3) is 7.96. The summed E-state index contributed by atoms with van der Waals surface area (Å²) in [5.41, 5.74) is 0.965. The monoisotopic (exact) mass is 224 g/mol. The highest BCUT2D eigenvalue weighted by Crippen LogP contribution is 2.32. The summed E-state index contributed by atoms with van der Waals surface area (Å²) in [6.45, 7) is 13.9. The molecule has 0 bridgehead atoms. The van der Waals surface area contributed by atoms with Crippen molar-refractivity contribution in [2.75, 3.05) is 0 Å². The molecule has 0 saturated heterocycles. The van der Waals surface area contributed by atoms with Crippen LogP contribution < -0.4 is 0 Å². The molecule has 0 heteroatoms. The van der Waals surface area contributed by atoms with Gasteiger partial charge in [-0.05, 0) is 30.1 Å². The van der Waals surface area contributed by atoms with Crippen molar-refractivity contribution in [1.29, 1.82) is 0 Å². The van der Waals surface area contributed by atoms with Crippen molar-refractivity contribution in [3.8, 4) is 0 Å². The van der Waals surface area contributed by atoms with E-state index in [0.29, 0.717) is 10.8 Å². The maximum absolute atomic E-state index is 2.43. The standard InChI is InChI=1S/C16H32/c1-7-9-13-16(6,8-2)14-11-10-12-15(3,4)5/h10-11H,7-9,12-14H2,1-6H3/b11-10-. The van der Waals surface area contributed by atoms with Crippen LogP contribution in [0.5, 0.6) is 0 Å². The van der Waals surface area contributed by atoms with Crippen LogP contribution >= 0.6 is 0 Å². The highest BCUT2D eigenvalue weighted by Gasteiger charge is 2.19. The third-order valence-electron chi connectivity index (χ3n) is 3.49. The zero-order valence-corrected chi connectivity index (χ0v) is 12.4. The van der Waals surface area contributed by atoms with Crippen LogP contribution in [0.4, 0.5) is 0 Å². The summed E-state index contributed by atoms with van der Waals surface area (Å²) >= 11 is 0. The third-order valence-corrected chi connectivity index (χ3v) is 3.49. The first-order valence-corrected chi connectivity index (χ1v) is 6.98. The first-order chi connectivity index (χ1) is 7.33. The van der Waals surface area contributed by atoms with Crippen LogP contribution in [0, 0.1) is 10.8 Å². The molecule has 0 aromatic rings. The molecule has 0 N–H and O–H groups in total. The molecular weight excluding hydrogens is 192 g/mol. The fourth-order valence-electron chi connectivity index (χ4n) is 1.83. The Morgan fingerprint density at radius 2 is 1.44 bits per heavy atom. The smallest absolute Gasteiger partial charge is 0.0294 e. The van der Waals surface area contributed by atoms with E-state index in [4.69, 9.17) is 0 Å². The number of allylic oxidation sites excluding steroid dienone is 2. The van der Waals surface area contributed by atoms with Gasteiger partial charge in [-0.1, -0.05) is 73.0 Å². The second kappa shape index (κ2) is 7.14. The van der Waals surface area contributed by atoms with E-state index < -0.39 is 0 Å². The van der Waals surface area contributed by atoms with Gasteiger partial charge in [0.05, 0.1) is 0 Å². The van der Waals surface area contributed by atoms with Crippen LogP contribution in [0.1, 0.15) is 80.1 Å². The van der Waals surface area contributed by atoms with E-state index in [-0.39, 0.29) is 0 Å². The Kier molecular flexibility index (Phi) is 7.03.